The molecule has 2 N–H and O–H groups in total. The quantitative estimate of drug-likeness (QED) is 0.683. The molecule has 2 aromatic carbocycles. The minimum absolute atomic E-state index is 0.0294. The van der Waals surface area contributed by atoms with E-state index in [1.54, 1.807) is 44.2 Å². The Morgan fingerprint density at radius 2 is 2.03 bits per heavy atom. The Hall–Kier alpha value is -3.43. The molecule has 1 heterocycles. The van der Waals surface area contributed by atoms with Crippen molar-refractivity contribution in [3.63, 3.8) is 0 Å². The van der Waals surface area contributed by atoms with Gasteiger partial charge in [0, 0.05) is 5.02 Å². The Bertz CT molecular complexity index is 1070. The summed E-state index contributed by atoms with van der Waals surface area (Å²) in [6, 6.07) is 16.6. The summed E-state index contributed by atoms with van der Waals surface area (Å²) in [6.07, 6.45) is 0. The molecular formula is C23H21ClN2O4. The van der Waals surface area contributed by atoms with Crippen LogP contribution in [0.1, 0.15) is 30.9 Å². The SMILES string of the molecule is CCOC(=O)C1=C(C)OC(N)=C(C#N)C1c1cccc(OCc2cccc(Cl)c2)c1. The second-order valence-electron chi connectivity index (χ2n) is 6.61. The van der Waals surface area contributed by atoms with Crippen LogP contribution < -0.4 is 10.5 Å². The number of hydrogen-bond acceptors (Lipinski definition) is 6. The number of carbonyl (C=O) groups excluding carboxylic acids is 1. The van der Waals surface area contributed by atoms with Gasteiger partial charge in [0.2, 0.25) is 5.88 Å². The summed E-state index contributed by atoms with van der Waals surface area (Å²) in [7, 11) is 0. The number of halogens is 1. The minimum atomic E-state index is -0.711. The lowest BCUT2D eigenvalue weighted by Gasteiger charge is -2.27. The van der Waals surface area contributed by atoms with Crippen LogP contribution in [-0.2, 0) is 20.9 Å². The highest BCUT2D eigenvalue weighted by Crippen LogP contribution is 2.40. The Labute approximate surface area is 180 Å². The third-order valence-corrected chi connectivity index (χ3v) is 4.82. The third kappa shape index (κ3) is 4.58. The fourth-order valence-electron chi connectivity index (χ4n) is 3.27. The number of carbonyl (C=O) groups is 1. The van der Waals surface area contributed by atoms with Gasteiger partial charge in [0.05, 0.1) is 18.1 Å². The molecule has 0 saturated heterocycles. The molecule has 0 saturated carbocycles. The Morgan fingerprint density at radius 3 is 2.73 bits per heavy atom. The largest absolute Gasteiger partial charge is 0.489 e. The Morgan fingerprint density at radius 1 is 1.27 bits per heavy atom. The molecule has 154 valence electrons. The molecule has 1 unspecified atom stereocenters. The zero-order valence-corrected chi connectivity index (χ0v) is 17.4. The maximum atomic E-state index is 12.6. The van der Waals surface area contributed by atoms with Gasteiger partial charge in [-0.15, -0.1) is 0 Å². The van der Waals surface area contributed by atoms with Crippen molar-refractivity contribution in [2.75, 3.05) is 6.61 Å². The van der Waals surface area contributed by atoms with Crippen LogP contribution in [0.3, 0.4) is 0 Å². The molecule has 30 heavy (non-hydrogen) atoms. The monoisotopic (exact) mass is 424 g/mol. The number of ether oxygens (including phenoxy) is 3. The van der Waals surface area contributed by atoms with Crippen molar-refractivity contribution in [1.82, 2.24) is 0 Å². The predicted octanol–water partition coefficient (Wildman–Crippen LogP) is 4.56. The zero-order chi connectivity index (χ0) is 21.7. The highest BCUT2D eigenvalue weighted by atomic mass is 35.5. The average molecular weight is 425 g/mol. The van der Waals surface area contributed by atoms with E-state index in [0.29, 0.717) is 28.7 Å². The molecule has 0 spiro atoms. The van der Waals surface area contributed by atoms with Crippen LogP contribution in [0.15, 0.2) is 71.3 Å². The standard InChI is InChI=1S/C23H21ClN2O4/c1-3-28-23(27)20-14(2)30-22(26)19(12-25)21(20)16-7-5-9-18(11-16)29-13-15-6-4-8-17(24)10-15/h4-11,21H,3,13,26H2,1-2H3. The van der Waals surface area contributed by atoms with Gasteiger partial charge >= 0.3 is 5.97 Å². The van der Waals surface area contributed by atoms with Crippen LogP contribution in [0.5, 0.6) is 5.75 Å². The summed E-state index contributed by atoms with van der Waals surface area (Å²) in [4.78, 5) is 12.6. The van der Waals surface area contributed by atoms with Crippen LogP contribution >= 0.6 is 11.6 Å². The first-order valence-corrected chi connectivity index (χ1v) is 9.75. The van der Waals surface area contributed by atoms with Crippen molar-refractivity contribution in [3.05, 3.63) is 87.5 Å². The molecular weight excluding hydrogens is 404 g/mol. The number of esters is 1. The van der Waals surface area contributed by atoms with E-state index >= 15 is 0 Å². The van der Waals surface area contributed by atoms with Crippen molar-refractivity contribution in [2.24, 2.45) is 5.73 Å². The summed E-state index contributed by atoms with van der Waals surface area (Å²) in [5, 5.41) is 10.3. The van der Waals surface area contributed by atoms with Crippen LogP contribution in [-0.4, -0.2) is 12.6 Å². The number of allylic oxidation sites excluding steroid dienone is 2. The fraction of sp³-hybridized carbons (Fsp3) is 0.217. The van der Waals surface area contributed by atoms with Gasteiger partial charge in [-0.05, 0) is 49.2 Å². The topological polar surface area (TPSA) is 94.6 Å². The van der Waals surface area contributed by atoms with E-state index in [-0.39, 0.29) is 23.6 Å². The summed E-state index contributed by atoms with van der Waals surface area (Å²) in [5.41, 5.74) is 7.92. The Balaban J connectivity index is 1.94. The van der Waals surface area contributed by atoms with Crippen LogP contribution in [0.25, 0.3) is 0 Å². The van der Waals surface area contributed by atoms with Crippen LogP contribution in [0, 0.1) is 11.3 Å². The summed E-state index contributed by atoms with van der Waals surface area (Å²) < 4.78 is 16.5. The number of nitriles is 1. The second kappa shape index (κ2) is 9.38. The van der Waals surface area contributed by atoms with Gasteiger partial charge in [0.15, 0.2) is 0 Å². The second-order valence-corrected chi connectivity index (χ2v) is 7.04. The first-order chi connectivity index (χ1) is 14.4. The van der Waals surface area contributed by atoms with E-state index in [0.717, 1.165) is 5.56 Å². The van der Waals surface area contributed by atoms with Gasteiger partial charge in [-0.3, -0.25) is 0 Å². The number of nitrogens with two attached hydrogens (primary N) is 1. The van der Waals surface area contributed by atoms with Crippen molar-refractivity contribution in [3.8, 4) is 11.8 Å². The summed E-state index contributed by atoms with van der Waals surface area (Å²) >= 11 is 6.02. The lowest BCUT2D eigenvalue weighted by atomic mass is 9.83. The molecule has 1 aliphatic rings. The Kier molecular flexibility index (Phi) is 6.65. The van der Waals surface area contributed by atoms with Crippen molar-refractivity contribution in [1.29, 1.82) is 5.26 Å². The molecule has 0 aliphatic carbocycles. The van der Waals surface area contributed by atoms with E-state index in [4.69, 9.17) is 31.5 Å². The molecule has 0 fully saturated rings. The lowest BCUT2D eigenvalue weighted by molar-refractivity contribution is -0.139. The van der Waals surface area contributed by atoms with Crippen LogP contribution in [0.4, 0.5) is 0 Å². The first kappa shape index (κ1) is 21.3. The average Bonchev–Trinajstić information content (AvgIpc) is 2.72. The summed E-state index contributed by atoms with van der Waals surface area (Å²) in [5.74, 6) is -0.405. The smallest absolute Gasteiger partial charge is 0.338 e. The number of nitrogens with zero attached hydrogens (tertiary/aromatic N) is 1. The molecule has 0 aromatic heterocycles. The first-order valence-electron chi connectivity index (χ1n) is 9.37. The van der Waals surface area contributed by atoms with E-state index in [1.165, 1.54) is 0 Å². The van der Waals surface area contributed by atoms with Gasteiger partial charge in [-0.25, -0.2) is 4.79 Å². The van der Waals surface area contributed by atoms with Gasteiger partial charge in [0.25, 0.3) is 0 Å². The van der Waals surface area contributed by atoms with Crippen molar-refractivity contribution < 1.29 is 19.0 Å². The molecule has 3 rings (SSSR count). The highest BCUT2D eigenvalue weighted by Gasteiger charge is 2.36. The predicted molar refractivity (Wildman–Crippen MR) is 112 cm³/mol. The van der Waals surface area contributed by atoms with E-state index in [2.05, 4.69) is 6.07 Å². The van der Waals surface area contributed by atoms with Crippen molar-refractivity contribution in [2.45, 2.75) is 26.4 Å². The molecule has 1 aliphatic heterocycles. The molecule has 1 atom stereocenters. The molecule has 7 heteroatoms. The van der Waals surface area contributed by atoms with Crippen LogP contribution in [0.2, 0.25) is 5.02 Å². The molecule has 0 amide bonds. The van der Waals surface area contributed by atoms with E-state index in [9.17, 15) is 10.1 Å². The van der Waals surface area contributed by atoms with E-state index < -0.39 is 11.9 Å². The third-order valence-electron chi connectivity index (χ3n) is 4.59. The number of benzene rings is 2. The molecule has 0 bridgehead atoms. The maximum Gasteiger partial charge on any atom is 0.338 e. The lowest BCUT2D eigenvalue weighted by Crippen LogP contribution is -2.25. The fourth-order valence-corrected chi connectivity index (χ4v) is 3.48. The maximum absolute atomic E-state index is 12.6. The number of hydrogen-bond donors (Lipinski definition) is 1. The molecule has 2 aromatic rings. The van der Waals surface area contributed by atoms with Gasteiger partial charge in [-0.2, -0.15) is 5.26 Å². The van der Waals surface area contributed by atoms with Gasteiger partial charge in [-0.1, -0.05) is 35.9 Å². The summed E-state index contributed by atoms with van der Waals surface area (Å²) in [6.45, 7) is 3.86. The van der Waals surface area contributed by atoms with Gasteiger partial charge < -0.3 is 19.9 Å². The van der Waals surface area contributed by atoms with E-state index in [1.807, 2.05) is 18.2 Å². The van der Waals surface area contributed by atoms with Gasteiger partial charge in [0.1, 0.15) is 29.8 Å². The normalized spacial score (nSPS) is 16.0. The number of rotatable bonds is 6. The highest BCUT2D eigenvalue weighted by molar-refractivity contribution is 6.30. The zero-order valence-electron chi connectivity index (χ0n) is 16.6. The molecule has 6 nitrogen and oxygen atoms in total. The molecule has 0 radical (unpaired) electrons. The van der Waals surface area contributed by atoms with Crippen molar-refractivity contribution >= 4 is 17.6 Å². The minimum Gasteiger partial charge on any atom is -0.489 e.